The number of rotatable bonds is 3. The fourth-order valence-electron chi connectivity index (χ4n) is 1.21. The number of carbonyl (C=O) groups is 1. The Kier molecular flexibility index (Phi) is 2.36. The smallest absolute Gasteiger partial charge is 0.173 e. The molecule has 0 aliphatic carbocycles. The quantitative estimate of drug-likeness (QED) is 0.684. The molecular weight excluding hydrogens is 180 g/mol. The summed E-state index contributed by atoms with van der Waals surface area (Å²) >= 11 is 0. The zero-order valence-electron chi connectivity index (χ0n) is 7.38. The molecule has 0 saturated heterocycles. The van der Waals surface area contributed by atoms with Crippen molar-refractivity contribution in [3.63, 3.8) is 0 Å². The molecule has 0 fully saturated rings. The lowest BCUT2D eigenvalue weighted by Gasteiger charge is -1.95. The summed E-state index contributed by atoms with van der Waals surface area (Å²) in [6, 6.07) is 9.73. The second kappa shape index (κ2) is 3.83. The summed E-state index contributed by atoms with van der Waals surface area (Å²) in [6.07, 6.45) is 1.22. The van der Waals surface area contributed by atoms with E-state index in [1.807, 2.05) is 30.3 Å². The second-order valence-electron chi connectivity index (χ2n) is 2.88. The fourth-order valence-corrected chi connectivity index (χ4v) is 1.21. The van der Waals surface area contributed by atoms with Gasteiger partial charge >= 0.3 is 0 Å². The number of hydrogen-bond donors (Lipinski definition) is 0. The van der Waals surface area contributed by atoms with Gasteiger partial charge in [-0.3, -0.25) is 4.79 Å². The van der Waals surface area contributed by atoms with Crippen LogP contribution in [0.3, 0.4) is 0 Å². The second-order valence-corrected chi connectivity index (χ2v) is 2.88. The van der Waals surface area contributed by atoms with Gasteiger partial charge in [0.25, 0.3) is 0 Å². The van der Waals surface area contributed by atoms with Crippen molar-refractivity contribution in [3.8, 4) is 0 Å². The van der Waals surface area contributed by atoms with Gasteiger partial charge in [0.1, 0.15) is 5.69 Å². The minimum absolute atomic E-state index is 0.272. The van der Waals surface area contributed by atoms with Crippen molar-refractivity contribution >= 4 is 6.29 Å². The van der Waals surface area contributed by atoms with E-state index >= 15 is 0 Å². The van der Waals surface area contributed by atoms with E-state index in [4.69, 9.17) is 0 Å². The number of hydrogen-bond acceptors (Lipinski definition) is 4. The molecule has 0 unspecified atom stereocenters. The molecular formula is C10H8N2O2. The predicted molar refractivity (Wildman–Crippen MR) is 48.9 cm³/mol. The normalized spacial score (nSPS) is 10.0. The van der Waals surface area contributed by atoms with Crippen LogP contribution in [0, 0.1) is 0 Å². The van der Waals surface area contributed by atoms with Gasteiger partial charge in [-0.25, -0.2) is 4.63 Å². The molecule has 2 aromatic rings. The van der Waals surface area contributed by atoms with Gasteiger partial charge in [0.2, 0.25) is 0 Å². The van der Waals surface area contributed by atoms with Crippen LogP contribution in [0.4, 0.5) is 0 Å². The number of aldehydes is 1. The number of aromatic nitrogens is 2. The third-order valence-corrected chi connectivity index (χ3v) is 1.91. The average molecular weight is 188 g/mol. The Morgan fingerprint density at radius 2 is 2.00 bits per heavy atom. The fraction of sp³-hybridized carbons (Fsp3) is 0.100. The highest BCUT2D eigenvalue weighted by atomic mass is 16.6. The van der Waals surface area contributed by atoms with Crippen LogP contribution in [-0.2, 0) is 6.42 Å². The zero-order valence-corrected chi connectivity index (χ0v) is 7.38. The van der Waals surface area contributed by atoms with Gasteiger partial charge in [0.05, 0.1) is 0 Å². The molecule has 0 atom stereocenters. The van der Waals surface area contributed by atoms with E-state index in [1.165, 1.54) is 0 Å². The highest BCUT2D eigenvalue weighted by Crippen LogP contribution is 2.08. The molecule has 4 heteroatoms. The molecule has 0 spiro atoms. The summed E-state index contributed by atoms with van der Waals surface area (Å²) in [7, 11) is 0. The molecule has 4 nitrogen and oxygen atoms in total. The third-order valence-electron chi connectivity index (χ3n) is 1.91. The lowest BCUT2D eigenvalue weighted by molar-refractivity contribution is 0.111. The summed E-state index contributed by atoms with van der Waals surface area (Å²) in [6.45, 7) is 0. The van der Waals surface area contributed by atoms with Gasteiger partial charge in [-0.1, -0.05) is 35.5 Å². The number of carbonyl (C=O) groups excluding carboxylic acids is 1. The summed E-state index contributed by atoms with van der Waals surface area (Å²) < 4.78 is 4.48. The van der Waals surface area contributed by atoms with E-state index in [-0.39, 0.29) is 5.69 Å². The summed E-state index contributed by atoms with van der Waals surface area (Å²) in [5.74, 6) is 0. The van der Waals surface area contributed by atoms with Gasteiger partial charge in [-0.05, 0) is 10.7 Å². The first-order valence-corrected chi connectivity index (χ1v) is 4.20. The Morgan fingerprint density at radius 3 is 2.71 bits per heavy atom. The monoisotopic (exact) mass is 188 g/mol. The average Bonchev–Trinajstić information content (AvgIpc) is 2.67. The first-order chi connectivity index (χ1) is 6.90. The van der Waals surface area contributed by atoms with Crippen LogP contribution in [0.1, 0.15) is 21.7 Å². The molecule has 0 aliphatic heterocycles. The van der Waals surface area contributed by atoms with Gasteiger partial charge in [-0.15, -0.1) is 0 Å². The minimum Gasteiger partial charge on any atom is -0.296 e. The first kappa shape index (κ1) is 8.62. The van der Waals surface area contributed by atoms with Crippen molar-refractivity contribution in [1.82, 2.24) is 10.3 Å². The van der Waals surface area contributed by atoms with Crippen molar-refractivity contribution in [2.24, 2.45) is 0 Å². The molecule has 70 valence electrons. The van der Waals surface area contributed by atoms with Crippen molar-refractivity contribution in [2.75, 3.05) is 0 Å². The third kappa shape index (κ3) is 1.69. The standard InChI is InChI=1S/C10H8N2O2/c13-7-10-9(11-14-12-10)6-8-4-2-1-3-5-8/h1-5,7H,6H2. The minimum atomic E-state index is 0.272. The van der Waals surface area contributed by atoms with E-state index in [2.05, 4.69) is 14.9 Å². The molecule has 1 aromatic carbocycles. The Balaban J connectivity index is 2.23. The largest absolute Gasteiger partial charge is 0.296 e. The van der Waals surface area contributed by atoms with E-state index in [9.17, 15) is 4.79 Å². The van der Waals surface area contributed by atoms with Crippen LogP contribution in [0.5, 0.6) is 0 Å². The molecule has 0 amide bonds. The summed E-state index contributed by atoms with van der Waals surface area (Å²) in [4.78, 5) is 10.5. The van der Waals surface area contributed by atoms with Crippen LogP contribution in [-0.4, -0.2) is 16.6 Å². The number of nitrogens with zero attached hydrogens (tertiary/aromatic N) is 2. The molecule has 0 saturated carbocycles. The maximum Gasteiger partial charge on any atom is 0.173 e. The predicted octanol–water partition coefficient (Wildman–Crippen LogP) is 1.47. The van der Waals surface area contributed by atoms with E-state index in [0.29, 0.717) is 18.4 Å². The van der Waals surface area contributed by atoms with E-state index in [0.717, 1.165) is 5.56 Å². The van der Waals surface area contributed by atoms with Crippen LogP contribution >= 0.6 is 0 Å². The molecule has 0 radical (unpaired) electrons. The van der Waals surface area contributed by atoms with E-state index < -0.39 is 0 Å². The molecule has 1 aromatic heterocycles. The van der Waals surface area contributed by atoms with Crippen molar-refractivity contribution in [1.29, 1.82) is 0 Å². The maximum atomic E-state index is 10.5. The Morgan fingerprint density at radius 1 is 1.21 bits per heavy atom. The Labute approximate surface area is 80.5 Å². The SMILES string of the molecule is O=Cc1nonc1Cc1ccccc1. The molecule has 0 bridgehead atoms. The Bertz CT molecular complexity index is 423. The van der Waals surface area contributed by atoms with Gasteiger partial charge in [0.15, 0.2) is 12.0 Å². The summed E-state index contributed by atoms with van der Waals surface area (Å²) in [5, 5.41) is 7.14. The lowest BCUT2D eigenvalue weighted by Crippen LogP contribution is -1.93. The van der Waals surface area contributed by atoms with Crippen LogP contribution < -0.4 is 0 Å². The Hall–Kier alpha value is -1.97. The topological polar surface area (TPSA) is 56.0 Å². The van der Waals surface area contributed by atoms with Crippen molar-refractivity contribution in [3.05, 3.63) is 47.3 Å². The maximum absolute atomic E-state index is 10.5. The molecule has 1 heterocycles. The van der Waals surface area contributed by atoms with Gasteiger partial charge in [-0.2, -0.15) is 0 Å². The van der Waals surface area contributed by atoms with Gasteiger partial charge in [0, 0.05) is 6.42 Å². The summed E-state index contributed by atoms with van der Waals surface area (Å²) in [5.41, 5.74) is 1.92. The number of benzene rings is 1. The molecule has 0 aliphatic rings. The van der Waals surface area contributed by atoms with Crippen LogP contribution in [0.25, 0.3) is 0 Å². The lowest BCUT2D eigenvalue weighted by atomic mass is 10.1. The van der Waals surface area contributed by atoms with Gasteiger partial charge < -0.3 is 0 Å². The molecule has 14 heavy (non-hydrogen) atoms. The highest BCUT2D eigenvalue weighted by Gasteiger charge is 2.08. The molecule has 0 N–H and O–H groups in total. The van der Waals surface area contributed by atoms with Crippen molar-refractivity contribution in [2.45, 2.75) is 6.42 Å². The van der Waals surface area contributed by atoms with Crippen molar-refractivity contribution < 1.29 is 9.42 Å². The zero-order chi connectivity index (χ0) is 9.80. The highest BCUT2D eigenvalue weighted by molar-refractivity contribution is 5.73. The first-order valence-electron chi connectivity index (χ1n) is 4.20. The van der Waals surface area contributed by atoms with E-state index in [1.54, 1.807) is 0 Å². The van der Waals surface area contributed by atoms with Crippen LogP contribution in [0.15, 0.2) is 35.0 Å². The van der Waals surface area contributed by atoms with Crippen LogP contribution in [0.2, 0.25) is 0 Å². The molecule has 2 rings (SSSR count).